The summed E-state index contributed by atoms with van der Waals surface area (Å²) in [6, 6.07) is 13.9. The van der Waals surface area contributed by atoms with E-state index in [0.29, 0.717) is 25.5 Å². The molecule has 3 aromatic rings. The summed E-state index contributed by atoms with van der Waals surface area (Å²) in [7, 11) is -2.71. The highest BCUT2D eigenvalue weighted by molar-refractivity contribution is 7.57. The standard InChI is InChI=1S/C20H26N3O4P/c1-4-27-28(3,24)15-26-16(2)12-18-10-11-19-20(21-14-22-23(18)19)25-13-17-8-6-5-7-9-17/h5-11,14,16H,4,12-13,15H2,1-3H3. The fourth-order valence-electron chi connectivity index (χ4n) is 2.88. The van der Waals surface area contributed by atoms with Crippen LogP contribution in [0.5, 0.6) is 5.88 Å². The van der Waals surface area contributed by atoms with Gasteiger partial charge in [0.15, 0.2) is 0 Å². The lowest BCUT2D eigenvalue weighted by atomic mass is 10.2. The first-order chi connectivity index (χ1) is 13.5. The number of hydrogen-bond acceptors (Lipinski definition) is 6. The van der Waals surface area contributed by atoms with Crippen molar-refractivity contribution in [2.45, 2.75) is 33.0 Å². The van der Waals surface area contributed by atoms with Gasteiger partial charge in [-0.2, -0.15) is 10.1 Å². The molecule has 0 bridgehead atoms. The highest BCUT2D eigenvalue weighted by atomic mass is 31.2. The number of fused-ring (bicyclic) bond motifs is 1. The molecule has 7 nitrogen and oxygen atoms in total. The third-order valence-corrected chi connectivity index (χ3v) is 5.63. The van der Waals surface area contributed by atoms with Gasteiger partial charge in [-0.3, -0.25) is 4.57 Å². The van der Waals surface area contributed by atoms with Crippen LogP contribution in [0.1, 0.15) is 25.1 Å². The van der Waals surface area contributed by atoms with E-state index in [0.717, 1.165) is 16.8 Å². The van der Waals surface area contributed by atoms with Gasteiger partial charge in [-0.1, -0.05) is 30.3 Å². The minimum Gasteiger partial charge on any atom is -0.471 e. The fraction of sp³-hybridized carbons (Fsp3) is 0.400. The highest BCUT2D eigenvalue weighted by Gasteiger charge is 2.18. The molecule has 0 radical (unpaired) electrons. The first-order valence-corrected chi connectivity index (χ1v) is 11.6. The quantitative estimate of drug-likeness (QED) is 0.473. The Kier molecular flexibility index (Phi) is 6.83. The maximum Gasteiger partial charge on any atom is 0.241 e. The first-order valence-electron chi connectivity index (χ1n) is 9.29. The summed E-state index contributed by atoms with van der Waals surface area (Å²) < 4.78 is 30.9. The summed E-state index contributed by atoms with van der Waals surface area (Å²) in [4.78, 5) is 4.26. The van der Waals surface area contributed by atoms with E-state index in [4.69, 9.17) is 14.0 Å². The topological polar surface area (TPSA) is 75.0 Å². The van der Waals surface area contributed by atoms with E-state index in [1.165, 1.54) is 6.33 Å². The van der Waals surface area contributed by atoms with Crippen molar-refractivity contribution in [3.05, 3.63) is 60.0 Å². The molecular formula is C20H26N3O4P. The van der Waals surface area contributed by atoms with Gasteiger partial charge in [0, 0.05) is 18.8 Å². The number of ether oxygens (including phenoxy) is 2. The van der Waals surface area contributed by atoms with Crippen molar-refractivity contribution >= 4 is 12.9 Å². The first kappa shape index (κ1) is 20.5. The van der Waals surface area contributed by atoms with Crippen LogP contribution in [0.4, 0.5) is 0 Å². The number of rotatable bonds is 10. The van der Waals surface area contributed by atoms with E-state index in [-0.39, 0.29) is 12.5 Å². The summed E-state index contributed by atoms with van der Waals surface area (Å²) in [5.74, 6) is 0.535. The van der Waals surface area contributed by atoms with Crippen LogP contribution in [0, 0.1) is 0 Å². The van der Waals surface area contributed by atoms with E-state index >= 15 is 0 Å². The van der Waals surface area contributed by atoms with Crippen molar-refractivity contribution in [2.75, 3.05) is 19.6 Å². The lowest BCUT2D eigenvalue weighted by Gasteiger charge is -2.17. The molecule has 0 aliphatic carbocycles. The van der Waals surface area contributed by atoms with Crippen LogP contribution in [0.3, 0.4) is 0 Å². The van der Waals surface area contributed by atoms with Gasteiger partial charge in [-0.15, -0.1) is 0 Å². The van der Waals surface area contributed by atoms with Crippen molar-refractivity contribution in [3.63, 3.8) is 0 Å². The smallest absolute Gasteiger partial charge is 0.241 e. The van der Waals surface area contributed by atoms with Crippen LogP contribution < -0.4 is 4.74 Å². The Morgan fingerprint density at radius 3 is 2.71 bits per heavy atom. The van der Waals surface area contributed by atoms with Crippen molar-refractivity contribution in [1.82, 2.24) is 14.6 Å². The number of hydrogen-bond donors (Lipinski definition) is 0. The van der Waals surface area contributed by atoms with E-state index in [1.807, 2.05) is 56.3 Å². The Labute approximate surface area is 165 Å². The summed E-state index contributed by atoms with van der Waals surface area (Å²) in [6.07, 6.45) is 2.08. The third kappa shape index (κ3) is 5.41. The summed E-state index contributed by atoms with van der Waals surface area (Å²) >= 11 is 0. The maximum atomic E-state index is 12.2. The molecule has 2 aromatic heterocycles. The van der Waals surface area contributed by atoms with Gasteiger partial charge in [0.1, 0.15) is 24.8 Å². The molecule has 2 heterocycles. The Balaban J connectivity index is 1.66. The molecule has 0 N–H and O–H groups in total. The van der Waals surface area contributed by atoms with Gasteiger partial charge in [0.2, 0.25) is 13.2 Å². The van der Waals surface area contributed by atoms with Crippen LogP contribution in [0.2, 0.25) is 0 Å². The Morgan fingerprint density at radius 2 is 1.96 bits per heavy atom. The molecule has 0 amide bonds. The van der Waals surface area contributed by atoms with Crippen molar-refractivity contribution < 1.29 is 18.6 Å². The summed E-state index contributed by atoms with van der Waals surface area (Å²) in [5.41, 5.74) is 2.85. The molecule has 0 fully saturated rings. The molecule has 2 unspecified atom stereocenters. The average Bonchev–Trinajstić information content (AvgIpc) is 3.09. The van der Waals surface area contributed by atoms with Gasteiger partial charge >= 0.3 is 0 Å². The number of nitrogens with zero attached hydrogens (tertiary/aromatic N) is 3. The normalized spacial score (nSPS) is 14.7. The predicted molar refractivity (Wildman–Crippen MR) is 108 cm³/mol. The molecule has 3 rings (SSSR count). The molecule has 150 valence electrons. The minimum absolute atomic E-state index is 0.103. The molecular weight excluding hydrogens is 377 g/mol. The van der Waals surface area contributed by atoms with Gasteiger partial charge in [-0.05, 0) is 31.5 Å². The van der Waals surface area contributed by atoms with Crippen molar-refractivity contribution in [3.8, 4) is 5.88 Å². The molecule has 1 aromatic carbocycles. The lowest BCUT2D eigenvalue weighted by molar-refractivity contribution is 0.0920. The second-order valence-corrected chi connectivity index (χ2v) is 9.25. The maximum absolute atomic E-state index is 12.2. The van der Waals surface area contributed by atoms with Crippen molar-refractivity contribution in [1.29, 1.82) is 0 Å². The summed E-state index contributed by atoms with van der Waals surface area (Å²) in [5, 5.41) is 4.34. The molecule has 0 saturated carbocycles. The van der Waals surface area contributed by atoms with E-state index < -0.39 is 7.37 Å². The minimum atomic E-state index is -2.71. The Bertz CT molecular complexity index is 945. The largest absolute Gasteiger partial charge is 0.471 e. The number of aromatic nitrogens is 3. The number of benzene rings is 1. The highest BCUT2D eigenvalue weighted by Crippen LogP contribution is 2.42. The average molecular weight is 403 g/mol. The van der Waals surface area contributed by atoms with Crippen LogP contribution in [0.15, 0.2) is 48.8 Å². The zero-order chi connectivity index (χ0) is 20.0. The van der Waals surface area contributed by atoms with Gasteiger partial charge < -0.3 is 14.0 Å². The molecule has 0 aliphatic rings. The second-order valence-electron chi connectivity index (χ2n) is 6.70. The molecule has 8 heteroatoms. The van der Waals surface area contributed by atoms with E-state index in [1.54, 1.807) is 11.2 Å². The van der Waals surface area contributed by atoms with E-state index in [2.05, 4.69) is 10.1 Å². The van der Waals surface area contributed by atoms with Crippen LogP contribution in [0.25, 0.3) is 5.52 Å². The zero-order valence-corrected chi connectivity index (χ0v) is 17.3. The Hall–Kier alpha value is -2.21. The van der Waals surface area contributed by atoms with Gasteiger partial charge in [0.25, 0.3) is 0 Å². The summed E-state index contributed by atoms with van der Waals surface area (Å²) in [6.45, 7) is 6.22. The van der Waals surface area contributed by atoms with Crippen LogP contribution >= 0.6 is 7.37 Å². The predicted octanol–water partition coefficient (Wildman–Crippen LogP) is 4.16. The second kappa shape index (κ2) is 9.32. The monoisotopic (exact) mass is 403 g/mol. The zero-order valence-electron chi connectivity index (χ0n) is 16.4. The molecule has 0 spiro atoms. The molecule has 0 saturated heterocycles. The fourth-order valence-corrected chi connectivity index (χ4v) is 4.03. The molecule has 2 atom stereocenters. The van der Waals surface area contributed by atoms with Crippen LogP contribution in [-0.4, -0.2) is 40.3 Å². The third-order valence-electron chi connectivity index (χ3n) is 4.21. The Morgan fingerprint density at radius 1 is 1.18 bits per heavy atom. The SMILES string of the molecule is CCOP(C)(=O)COC(C)Cc1ccc2c(OCc3ccccc3)ncnn12. The van der Waals surface area contributed by atoms with Gasteiger partial charge in [-0.25, -0.2) is 4.52 Å². The molecule has 0 aliphatic heterocycles. The van der Waals surface area contributed by atoms with Gasteiger partial charge in [0.05, 0.1) is 12.7 Å². The van der Waals surface area contributed by atoms with Crippen LogP contribution in [-0.2, 0) is 26.9 Å². The molecule has 28 heavy (non-hydrogen) atoms. The lowest BCUT2D eigenvalue weighted by Crippen LogP contribution is -2.15. The van der Waals surface area contributed by atoms with E-state index in [9.17, 15) is 4.57 Å². The van der Waals surface area contributed by atoms with Crippen molar-refractivity contribution in [2.24, 2.45) is 0 Å².